The molecule has 5 N–H and O–H groups in total. The first-order valence-electron chi connectivity index (χ1n) is 27.3. The first kappa shape index (κ1) is 63.2. The lowest BCUT2D eigenvalue weighted by molar-refractivity contribution is -0.144. The Balaban J connectivity index is 0.660. The lowest BCUT2D eigenvalue weighted by atomic mass is 9.85. The number of halogens is 3. The second-order valence-electron chi connectivity index (χ2n) is 21.0. The molecule has 24 heteroatoms. The third kappa shape index (κ3) is 18.8. The Labute approximate surface area is 487 Å². The monoisotopic (exact) mass is 1180 g/mol. The number of aliphatic hydroxyl groups is 1. The van der Waals surface area contributed by atoms with E-state index in [0.29, 0.717) is 70.8 Å². The molecule has 81 heavy (non-hydrogen) atoms. The number of pyridine rings is 1. The molecule has 2 aliphatic rings. The van der Waals surface area contributed by atoms with Gasteiger partial charge in [-0.25, -0.2) is 14.4 Å². The number of nitrogens with one attached hydrogen (secondary N) is 2. The molecule has 0 unspecified atom stereocenters. The SMILES string of the molecule is Cc1ncsc1-c1ccc(CNC(=O)[C@@H]2C[C@@H](O)CN2C(=O)[C@@H](NC(=O)COCCOCCOCCOCCOCCOCCN2CCC(n3cc(-c4cnc(N)c(O[C@H](C)c5c(Cl)ccc(F)c5Cl)c4)cn3)CC2)C(C)(C)C)cc1. The third-order valence-corrected chi connectivity index (χ3v) is 15.6. The maximum Gasteiger partial charge on any atom is 0.246 e. The van der Waals surface area contributed by atoms with Crippen LogP contribution in [0.5, 0.6) is 5.75 Å². The summed E-state index contributed by atoms with van der Waals surface area (Å²) in [5, 5.41) is 21.1. The van der Waals surface area contributed by atoms with Gasteiger partial charge in [-0.15, -0.1) is 11.3 Å². The van der Waals surface area contributed by atoms with E-state index < -0.39 is 47.3 Å². The number of aromatic nitrogens is 4. The molecule has 20 nitrogen and oxygen atoms in total. The van der Waals surface area contributed by atoms with Crippen LogP contribution in [-0.4, -0.2) is 176 Å². The highest BCUT2D eigenvalue weighted by atomic mass is 35.5. The summed E-state index contributed by atoms with van der Waals surface area (Å²) in [4.78, 5) is 53.8. The predicted octanol–water partition coefficient (Wildman–Crippen LogP) is 7.09. The smallest absolute Gasteiger partial charge is 0.246 e. The highest BCUT2D eigenvalue weighted by Gasteiger charge is 2.44. The summed E-state index contributed by atoms with van der Waals surface area (Å²) < 4.78 is 56.0. The Morgan fingerprint density at radius 2 is 1.48 bits per heavy atom. The second-order valence-corrected chi connectivity index (χ2v) is 22.6. The summed E-state index contributed by atoms with van der Waals surface area (Å²) >= 11 is 14.1. The van der Waals surface area contributed by atoms with E-state index >= 15 is 0 Å². The fraction of sp³-hybridized carbons (Fsp3) is 0.544. The summed E-state index contributed by atoms with van der Waals surface area (Å²) in [6.07, 6.45) is 5.90. The Kier molecular flexibility index (Phi) is 24.5. The van der Waals surface area contributed by atoms with Crippen molar-refractivity contribution >= 4 is 58.1 Å². The summed E-state index contributed by atoms with van der Waals surface area (Å²) in [6, 6.07) is 10.7. The topological polar surface area (TPSA) is 236 Å². The molecule has 2 saturated heterocycles. The van der Waals surface area contributed by atoms with Crippen LogP contribution in [0, 0.1) is 18.2 Å². The number of anilines is 1. The van der Waals surface area contributed by atoms with Gasteiger partial charge in [0.25, 0.3) is 0 Å². The van der Waals surface area contributed by atoms with E-state index in [9.17, 15) is 23.9 Å². The number of piperidine rings is 1. The molecule has 0 radical (unpaired) electrons. The second kappa shape index (κ2) is 31.3. The van der Waals surface area contributed by atoms with Crippen LogP contribution in [0.15, 0.2) is 66.6 Å². The number of carbonyl (C=O) groups is 3. The third-order valence-electron chi connectivity index (χ3n) is 13.9. The molecule has 3 aromatic heterocycles. The highest BCUT2D eigenvalue weighted by molar-refractivity contribution is 7.13. The van der Waals surface area contributed by atoms with Crippen LogP contribution in [0.25, 0.3) is 21.6 Å². The number of aliphatic hydroxyl groups excluding tert-OH is 1. The summed E-state index contributed by atoms with van der Waals surface area (Å²) in [7, 11) is 0. The van der Waals surface area contributed by atoms with E-state index in [4.69, 9.17) is 62.1 Å². The molecule has 0 spiro atoms. The van der Waals surface area contributed by atoms with E-state index in [1.165, 1.54) is 17.0 Å². The molecule has 5 aromatic rings. The number of likely N-dealkylation sites (tertiary alicyclic amines) is 2. The fourth-order valence-corrected chi connectivity index (χ4v) is 10.9. The zero-order valence-corrected chi connectivity index (χ0v) is 49.0. The van der Waals surface area contributed by atoms with E-state index in [-0.39, 0.29) is 67.1 Å². The Morgan fingerprint density at radius 1 is 0.852 bits per heavy atom. The number of rotatable bonds is 31. The molecule has 4 atom stereocenters. The van der Waals surface area contributed by atoms with Crippen LogP contribution in [0.3, 0.4) is 0 Å². The molecule has 442 valence electrons. The zero-order valence-electron chi connectivity index (χ0n) is 46.7. The number of nitrogens with zero attached hydrogens (tertiary/aromatic N) is 6. The Morgan fingerprint density at radius 3 is 2.10 bits per heavy atom. The molecule has 0 saturated carbocycles. The molecular weight excluding hydrogens is 1110 g/mol. The van der Waals surface area contributed by atoms with Crippen molar-refractivity contribution in [3.8, 4) is 27.3 Å². The maximum atomic E-state index is 14.2. The van der Waals surface area contributed by atoms with Crippen LogP contribution in [-0.2, 0) is 49.3 Å². The lowest BCUT2D eigenvalue weighted by Crippen LogP contribution is -2.58. The standard InChI is InChI=1S/C57H76Cl2FN9O11S/c1-37-52(81-36-64-37)40-8-6-39(7-9-40)30-63-55(72)47-29-44(70)34-68(47)56(73)53(57(3,4)5)66-49(71)35-79-27-26-78-25-24-77-23-22-76-21-20-75-19-18-74-17-16-67-14-12-43(13-15-67)69-33-42(32-65-69)41-28-48(54(61)62-31-41)80-38(2)50-45(58)10-11-46(60)51(50)59/h6-11,28,31-33,36,38,43-44,47,53,70H,12-27,29-30,34-35H2,1-5H3,(H2,61,62)(H,63,72)(H,66,71)/t38-,44-,47+,53-/m1/s1. The van der Waals surface area contributed by atoms with Gasteiger partial charge in [-0.2, -0.15) is 5.10 Å². The number of hydrogen-bond donors (Lipinski definition) is 4. The number of benzene rings is 2. The van der Waals surface area contributed by atoms with Crippen molar-refractivity contribution in [2.24, 2.45) is 5.41 Å². The van der Waals surface area contributed by atoms with Crippen LogP contribution < -0.4 is 21.1 Å². The van der Waals surface area contributed by atoms with Gasteiger partial charge >= 0.3 is 0 Å². The number of carbonyl (C=O) groups excluding carboxylic acids is 3. The van der Waals surface area contributed by atoms with Gasteiger partial charge in [0.05, 0.1) is 112 Å². The normalized spacial score (nSPS) is 16.9. The molecular formula is C57H76Cl2FN9O11S. The number of ether oxygens (including phenoxy) is 7. The van der Waals surface area contributed by atoms with Crippen molar-refractivity contribution in [2.45, 2.75) is 90.8 Å². The molecule has 2 aliphatic heterocycles. The van der Waals surface area contributed by atoms with Gasteiger partial charge < -0.3 is 64.4 Å². The average Bonchev–Trinajstić information content (AvgIpc) is 4.36. The quantitative estimate of drug-likeness (QED) is 0.0256. The van der Waals surface area contributed by atoms with Gasteiger partial charge in [-0.3, -0.25) is 19.1 Å². The molecule has 2 fully saturated rings. The summed E-state index contributed by atoms with van der Waals surface area (Å²) in [5.41, 5.74) is 12.1. The number of nitrogen functional groups attached to an aromatic ring is 1. The van der Waals surface area contributed by atoms with Crippen LogP contribution in [0.1, 0.15) is 75.9 Å². The van der Waals surface area contributed by atoms with Crippen molar-refractivity contribution in [3.05, 3.63) is 99.2 Å². The largest absolute Gasteiger partial charge is 0.482 e. The van der Waals surface area contributed by atoms with Crippen molar-refractivity contribution in [1.29, 1.82) is 0 Å². The van der Waals surface area contributed by atoms with Gasteiger partial charge in [0.2, 0.25) is 17.7 Å². The number of aryl methyl sites for hydroxylation is 1. The predicted molar refractivity (Wildman–Crippen MR) is 307 cm³/mol. The van der Waals surface area contributed by atoms with E-state index in [1.807, 2.05) is 68.3 Å². The minimum absolute atomic E-state index is 0.0201. The average molecular weight is 1190 g/mol. The van der Waals surface area contributed by atoms with Crippen molar-refractivity contribution in [1.82, 2.24) is 40.2 Å². The molecule has 0 bridgehead atoms. The fourth-order valence-electron chi connectivity index (χ4n) is 9.41. The van der Waals surface area contributed by atoms with Gasteiger partial charge in [0.1, 0.15) is 30.6 Å². The first-order valence-corrected chi connectivity index (χ1v) is 28.9. The van der Waals surface area contributed by atoms with Gasteiger partial charge in [0, 0.05) is 73.3 Å². The van der Waals surface area contributed by atoms with Crippen LogP contribution >= 0.6 is 34.5 Å². The number of hydrogen-bond acceptors (Lipinski definition) is 17. The lowest BCUT2D eigenvalue weighted by Gasteiger charge is -2.35. The van der Waals surface area contributed by atoms with Crippen molar-refractivity contribution < 1.29 is 57.0 Å². The number of amides is 3. The molecule has 7 rings (SSSR count). The number of nitrogens with two attached hydrogens (primary N) is 1. The van der Waals surface area contributed by atoms with Crippen molar-refractivity contribution in [3.63, 3.8) is 0 Å². The number of β-amino-alcohol motifs (C(OH)–C–C–N with tert-alkyl or cyclic N) is 1. The van der Waals surface area contributed by atoms with Crippen molar-refractivity contribution in [2.75, 3.05) is 111 Å². The van der Waals surface area contributed by atoms with Gasteiger partial charge in [-0.05, 0) is 61.4 Å². The minimum atomic E-state index is -0.968. The summed E-state index contributed by atoms with van der Waals surface area (Å²) in [6.45, 7) is 16.1. The van der Waals surface area contributed by atoms with Crippen LogP contribution in [0.2, 0.25) is 10.0 Å². The first-order chi connectivity index (χ1) is 39.0. The minimum Gasteiger partial charge on any atom is -0.482 e. The van der Waals surface area contributed by atoms with Gasteiger partial charge in [0.15, 0.2) is 11.6 Å². The molecule has 3 amide bonds. The number of thiazole rings is 1. The molecule has 0 aliphatic carbocycles. The van der Waals surface area contributed by atoms with E-state index in [0.717, 1.165) is 65.3 Å². The zero-order chi connectivity index (χ0) is 57.9. The van der Waals surface area contributed by atoms with E-state index in [1.54, 1.807) is 36.7 Å². The van der Waals surface area contributed by atoms with Crippen LogP contribution in [0.4, 0.5) is 10.2 Å². The summed E-state index contributed by atoms with van der Waals surface area (Å²) in [5.74, 6) is -1.38. The highest BCUT2D eigenvalue weighted by Crippen LogP contribution is 2.38. The Bertz CT molecular complexity index is 2800. The molecule has 5 heterocycles. The maximum absolute atomic E-state index is 14.2. The van der Waals surface area contributed by atoms with Gasteiger partial charge in [-0.1, -0.05) is 68.2 Å². The molecule has 2 aromatic carbocycles. The van der Waals surface area contributed by atoms with E-state index in [2.05, 4.69) is 30.6 Å². The Hall–Kier alpha value is -5.37.